The maximum atomic E-state index is 13.7. The minimum absolute atomic E-state index is 0.0172. The maximum Gasteiger partial charge on any atom is 0.242 e. The molecule has 4 rings (SSSR count). The summed E-state index contributed by atoms with van der Waals surface area (Å²) in [7, 11) is 0. The van der Waals surface area contributed by atoms with Crippen LogP contribution in [0.25, 0.3) is 0 Å². The van der Waals surface area contributed by atoms with Gasteiger partial charge in [-0.3, -0.25) is 9.59 Å². The molecule has 6 heteroatoms. The zero-order valence-corrected chi connectivity index (χ0v) is 22.0. The number of thioether (sulfide) groups is 1. The van der Waals surface area contributed by atoms with E-state index in [1.54, 1.807) is 23.1 Å². The highest BCUT2D eigenvalue weighted by atomic mass is 32.2. The first-order valence-electron chi connectivity index (χ1n) is 12.4. The van der Waals surface area contributed by atoms with Crippen molar-refractivity contribution in [3.63, 3.8) is 0 Å². The van der Waals surface area contributed by atoms with Crippen LogP contribution in [0.5, 0.6) is 0 Å². The zero-order valence-electron chi connectivity index (χ0n) is 20.4. The normalized spacial score (nSPS) is 14.0. The Labute approximate surface area is 217 Å². The SMILES string of the molecule is Cc1ccc(CN(Cc2ccccc2)C(=O)CN(C(=O)CSc2ccccc2)C2CCCCC2)s1. The van der Waals surface area contributed by atoms with Gasteiger partial charge in [0, 0.05) is 27.2 Å². The van der Waals surface area contributed by atoms with Gasteiger partial charge in [-0.25, -0.2) is 0 Å². The van der Waals surface area contributed by atoms with Crippen molar-refractivity contribution in [1.82, 2.24) is 9.80 Å². The van der Waals surface area contributed by atoms with Crippen molar-refractivity contribution in [2.45, 2.75) is 63.1 Å². The third-order valence-corrected chi connectivity index (χ3v) is 8.44. The summed E-state index contributed by atoms with van der Waals surface area (Å²) in [6.45, 7) is 3.35. The predicted molar refractivity (Wildman–Crippen MR) is 146 cm³/mol. The molecule has 1 aliphatic carbocycles. The highest BCUT2D eigenvalue weighted by Gasteiger charge is 2.29. The standard InChI is InChI=1S/C29H34N2O2S2/c1-23-17-18-27(35-23)20-30(19-24-11-5-2-6-12-24)28(32)21-31(25-13-7-3-8-14-25)29(33)22-34-26-15-9-4-10-16-26/h2,4-6,9-12,15-18,25H,3,7-8,13-14,19-22H2,1H3. The molecule has 3 aromatic rings. The number of hydrogen-bond acceptors (Lipinski definition) is 4. The Morgan fingerprint density at radius 2 is 1.54 bits per heavy atom. The minimum atomic E-state index is 0.0172. The second-order valence-electron chi connectivity index (χ2n) is 9.16. The largest absolute Gasteiger partial charge is 0.332 e. The van der Waals surface area contributed by atoms with Gasteiger partial charge in [-0.2, -0.15) is 0 Å². The van der Waals surface area contributed by atoms with Crippen LogP contribution < -0.4 is 0 Å². The molecule has 1 fully saturated rings. The first kappa shape index (κ1) is 25.5. The van der Waals surface area contributed by atoms with Crippen LogP contribution in [0.1, 0.15) is 47.4 Å². The molecule has 184 valence electrons. The summed E-state index contributed by atoms with van der Waals surface area (Å²) in [5.74, 6) is 0.436. The Balaban J connectivity index is 1.49. The van der Waals surface area contributed by atoms with E-state index in [9.17, 15) is 9.59 Å². The Hall–Kier alpha value is -2.57. The average Bonchev–Trinajstić information content (AvgIpc) is 3.31. The van der Waals surface area contributed by atoms with Gasteiger partial charge in [0.2, 0.25) is 11.8 Å². The molecule has 0 bridgehead atoms. The zero-order chi connectivity index (χ0) is 24.5. The van der Waals surface area contributed by atoms with E-state index in [-0.39, 0.29) is 24.4 Å². The number of aryl methyl sites for hydroxylation is 1. The molecule has 0 unspecified atom stereocenters. The van der Waals surface area contributed by atoms with Crippen molar-refractivity contribution in [2.75, 3.05) is 12.3 Å². The first-order chi connectivity index (χ1) is 17.1. The topological polar surface area (TPSA) is 40.6 Å². The van der Waals surface area contributed by atoms with E-state index in [0.717, 1.165) is 36.1 Å². The van der Waals surface area contributed by atoms with Crippen molar-refractivity contribution in [3.05, 3.63) is 88.1 Å². The second kappa shape index (κ2) is 12.9. The monoisotopic (exact) mass is 506 g/mol. The third-order valence-electron chi connectivity index (χ3n) is 6.46. The van der Waals surface area contributed by atoms with Crippen LogP contribution in [0.4, 0.5) is 0 Å². The second-order valence-corrected chi connectivity index (χ2v) is 11.6. The number of benzene rings is 2. The van der Waals surface area contributed by atoms with Crippen LogP contribution >= 0.6 is 23.1 Å². The molecule has 0 aliphatic heterocycles. The minimum Gasteiger partial charge on any atom is -0.332 e. The summed E-state index contributed by atoms with van der Waals surface area (Å²) in [4.78, 5) is 34.4. The number of carbonyl (C=O) groups is 2. The number of rotatable bonds is 10. The van der Waals surface area contributed by atoms with E-state index >= 15 is 0 Å². The molecule has 0 radical (unpaired) electrons. The lowest BCUT2D eigenvalue weighted by atomic mass is 9.94. The van der Waals surface area contributed by atoms with Crippen LogP contribution in [-0.2, 0) is 22.7 Å². The fourth-order valence-electron chi connectivity index (χ4n) is 4.60. The summed E-state index contributed by atoms with van der Waals surface area (Å²) >= 11 is 3.28. The van der Waals surface area contributed by atoms with Crippen molar-refractivity contribution < 1.29 is 9.59 Å². The van der Waals surface area contributed by atoms with Crippen LogP contribution in [-0.4, -0.2) is 40.0 Å². The van der Waals surface area contributed by atoms with Gasteiger partial charge >= 0.3 is 0 Å². The Morgan fingerprint density at radius 1 is 0.857 bits per heavy atom. The Kier molecular flexibility index (Phi) is 9.43. The van der Waals surface area contributed by atoms with Gasteiger partial charge in [-0.05, 0) is 49.6 Å². The van der Waals surface area contributed by atoms with Gasteiger partial charge in [-0.1, -0.05) is 67.8 Å². The molecule has 2 amide bonds. The molecule has 0 spiro atoms. The van der Waals surface area contributed by atoms with Gasteiger partial charge < -0.3 is 9.80 Å². The average molecular weight is 507 g/mol. The van der Waals surface area contributed by atoms with E-state index in [4.69, 9.17) is 0 Å². The lowest BCUT2D eigenvalue weighted by molar-refractivity contribution is -0.142. The third kappa shape index (κ3) is 7.71. The molecule has 1 aromatic heterocycles. The van der Waals surface area contributed by atoms with Gasteiger partial charge in [0.15, 0.2) is 0 Å². The molecular weight excluding hydrogens is 472 g/mol. The van der Waals surface area contributed by atoms with Crippen molar-refractivity contribution >= 4 is 34.9 Å². The lowest BCUT2D eigenvalue weighted by Gasteiger charge is -2.35. The smallest absolute Gasteiger partial charge is 0.242 e. The van der Waals surface area contributed by atoms with Gasteiger partial charge in [-0.15, -0.1) is 23.1 Å². The van der Waals surface area contributed by atoms with Crippen LogP contribution in [0.3, 0.4) is 0 Å². The van der Waals surface area contributed by atoms with Crippen molar-refractivity contribution in [2.24, 2.45) is 0 Å². The Bertz CT molecular complexity index is 1080. The molecule has 4 nitrogen and oxygen atoms in total. The molecule has 0 atom stereocenters. The molecule has 35 heavy (non-hydrogen) atoms. The van der Waals surface area contributed by atoms with Crippen LogP contribution in [0.2, 0.25) is 0 Å². The van der Waals surface area contributed by atoms with Gasteiger partial charge in [0.25, 0.3) is 0 Å². The summed E-state index contributed by atoms with van der Waals surface area (Å²) in [6, 6.07) is 24.5. The first-order valence-corrected chi connectivity index (χ1v) is 14.2. The van der Waals surface area contributed by atoms with Crippen molar-refractivity contribution in [3.8, 4) is 0 Å². The number of hydrogen-bond donors (Lipinski definition) is 0. The van der Waals surface area contributed by atoms with E-state index in [2.05, 4.69) is 31.2 Å². The number of nitrogens with zero attached hydrogens (tertiary/aromatic N) is 2. The summed E-state index contributed by atoms with van der Waals surface area (Å²) < 4.78 is 0. The van der Waals surface area contributed by atoms with Crippen molar-refractivity contribution in [1.29, 1.82) is 0 Å². The summed E-state index contributed by atoms with van der Waals surface area (Å²) in [5, 5.41) is 0. The van der Waals surface area contributed by atoms with Crippen LogP contribution in [0, 0.1) is 6.92 Å². The van der Waals surface area contributed by atoms with E-state index in [0.29, 0.717) is 18.8 Å². The predicted octanol–water partition coefficient (Wildman–Crippen LogP) is 6.54. The highest BCUT2D eigenvalue weighted by molar-refractivity contribution is 8.00. The molecule has 2 aromatic carbocycles. The molecule has 1 aliphatic rings. The van der Waals surface area contributed by atoms with Gasteiger partial charge in [0.05, 0.1) is 12.3 Å². The van der Waals surface area contributed by atoms with E-state index in [1.165, 1.54) is 16.2 Å². The molecular formula is C29H34N2O2S2. The molecule has 1 saturated carbocycles. The lowest BCUT2D eigenvalue weighted by Crippen LogP contribution is -2.48. The fraction of sp³-hybridized carbons (Fsp3) is 0.379. The van der Waals surface area contributed by atoms with E-state index in [1.807, 2.05) is 58.3 Å². The number of carbonyl (C=O) groups excluding carboxylic acids is 2. The quantitative estimate of drug-likeness (QED) is 0.293. The van der Waals surface area contributed by atoms with Crippen LogP contribution in [0.15, 0.2) is 77.7 Å². The number of amides is 2. The number of thiophene rings is 1. The molecule has 0 N–H and O–H groups in total. The molecule has 0 saturated heterocycles. The summed E-state index contributed by atoms with van der Waals surface area (Å²) in [6.07, 6.45) is 5.42. The van der Waals surface area contributed by atoms with E-state index < -0.39 is 0 Å². The highest BCUT2D eigenvalue weighted by Crippen LogP contribution is 2.26. The maximum absolute atomic E-state index is 13.7. The fourth-order valence-corrected chi connectivity index (χ4v) is 6.31. The van der Waals surface area contributed by atoms with Gasteiger partial charge in [0.1, 0.15) is 6.54 Å². The molecule has 1 heterocycles. The summed E-state index contributed by atoms with van der Waals surface area (Å²) in [5.41, 5.74) is 1.10. The Morgan fingerprint density at radius 3 is 2.20 bits per heavy atom.